The molecule has 21 heavy (non-hydrogen) atoms. The molecule has 0 unspecified atom stereocenters. The summed E-state index contributed by atoms with van der Waals surface area (Å²) in [6, 6.07) is 10.0. The van der Waals surface area contributed by atoms with E-state index in [-0.39, 0.29) is 5.78 Å². The topological polar surface area (TPSA) is 34.9 Å². The van der Waals surface area contributed by atoms with Crippen molar-refractivity contribution < 1.29 is 4.79 Å². The van der Waals surface area contributed by atoms with Crippen molar-refractivity contribution in [2.45, 2.75) is 33.7 Å². The molecule has 0 fully saturated rings. The smallest absolute Gasteiger partial charge is 0.180 e. The van der Waals surface area contributed by atoms with Gasteiger partial charge < -0.3 is 4.57 Å². The number of hydrogen-bond acceptors (Lipinski definition) is 3. The molecule has 3 aromatic rings. The number of hydrogen-bond donors (Lipinski definition) is 0. The number of carbonyl (C=O) groups excluding carboxylic acids is 1. The normalized spacial score (nSPS) is 11.2. The van der Waals surface area contributed by atoms with E-state index < -0.39 is 0 Å². The first-order valence-corrected chi connectivity index (χ1v) is 7.96. The van der Waals surface area contributed by atoms with Crippen LogP contribution in [0.15, 0.2) is 30.3 Å². The first kappa shape index (κ1) is 14.0. The van der Waals surface area contributed by atoms with E-state index in [1.54, 1.807) is 11.3 Å². The summed E-state index contributed by atoms with van der Waals surface area (Å²) in [6.45, 7) is 7.01. The van der Waals surface area contributed by atoms with Crippen LogP contribution in [0.5, 0.6) is 0 Å². The first-order chi connectivity index (χ1) is 10.1. The van der Waals surface area contributed by atoms with Gasteiger partial charge in [0.15, 0.2) is 5.78 Å². The molecule has 0 atom stereocenters. The molecule has 0 saturated carbocycles. The summed E-state index contributed by atoms with van der Waals surface area (Å²) in [5.41, 5.74) is 3.24. The number of imidazole rings is 1. The lowest BCUT2D eigenvalue weighted by Gasteiger charge is -2.04. The van der Waals surface area contributed by atoms with Gasteiger partial charge in [0.25, 0.3) is 0 Å². The molecule has 0 aliphatic heterocycles. The highest BCUT2D eigenvalue weighted by Crippen LogP contribution is 2.23. The zero-order chi connectivity index (χ0) is 15.0. The molecule has 0 spiro atoms. The van der Waals surface area contributed by atoms with Gasteiger partial charge in [-0.3, -0.25) is 4.79 Å². The SMILES string of the molecule is CCn1c(CC(=O)c2cc(C)c(C)s2)nc2ccccc21. The number of ketones is 1. The van der Waals surface area contributed by atoms with Crippen LogP contribution in [-0.2, 0) is 13.0 Å². The number of benzene rings is 1. The summed E-state index contributed by atoms with van der Waals surface area (Å²) in [6.07, 6.45) is 0.363. The lowest BCUT2D eigenvalue weighted by Crippen LogP contribution is -2.08. The van der Waals surface area contributed by atoms with Crippen molar-refractivity contribution in [3.05, 3.63) is 51.5 Å². The third kappa shape index (κ3) is 2.51. The maximum Gasteiger partial charge on any atom is 0.180 e. The van der Waals surface area contributed by atoms with Gasteiger partial charge in [-0.2, -0.15) is 0 Å². The highest BCUT2D eigenvalue weighted by molar-refractivity contribution is 7.14. The van der Waals surface area contributed by atoms with Crippen LogP contribution in [0.2, 0.25) is 0 Å². The fourth-order valence-corrected chi connectivity index (χ4v) is 3.53. The van der Waals surface area contributed by atoms with Gasteiger partial charge in [0.2, 0.25) is 0 Å². The van der Waals surface area contributed by atoms with E-state index >= 15 is 0 Å². The predicted molar refractivity (Wildman–Crippen MR) is 87.2 cm³/mol. The van der Waals surface area contributed by atoms with Crippen molar-refractivity contribution in [1.29, 1.82) is 0 Å². The van der Waals surface area contributed by atoms with Crippen LogP contribution in [-0.4, -0.2) is 15.3 Å². The minimum Gasteiger partial charge on any atom is -0.328 e. The Bertz CT molecular complexity index is 794. The van der Waals surface area contributed by atoms with E-state index in [0.29, 0.717) is 6.42 Å². The molecule has 0 aliphatic rings. The summed E-state index contributed by atoms with van der Waals surface area (Å²) in [7, 11) is 0. The Kier molecular flexibility index (Phi) is 3.64. The van der Waals surface area contributed by atoms with Crippen molar-refractivity contribution in [2.75, 3.05) is 0 Å². The second kappa shape index (κ2) is 5.45. The third-order valence-corrected chi connectivity index (χ3v) is 5.00. The van der Waals surface area contributed by atoms with Gasteiger partial charge in [-0.15, -0.1) is 11.3 Å². The molecule has 2 aromatic heterocycles. The molecule has 0 bridgehead atoms. The third-order valence-electron chi connectivity index (χ3n) is 3.81. The molecule has 108 valence electrons. The van der Waals surface area contributed by atoms with E-state index in [4.69, 9.17) is 0 Å². The molecule has 3 nitrogen and oxygen atoms in total. The minimum absolute atomic E-state index is 0.154. The molecule has 0 radical (unpaired) electrons. The number of para-hydroxylation sites is 2. The maximum atomic E-state index is 12.5. The summed E-state index contributed by atoms with van der Waals surface area (Å²) in [5.74, 6) is 1.01. The van der Waals surface area contributed by atoms with E-state index in [1.165, 1.54) is 10.4 Å². The van der Waals surface area contributed by atoms with Gasteiger partial charge in [0, 0.05) is 11.4 Å². The van der Waals surface area contributed by atoms with Crippen molar-refractivity contribution in [3.63, 3.8) is 0 Å². The monoisotopic (exact) mass is 298 g/mol. The summed E-state index contributed by atoms with van der Waals surface area (Å²) in [5, 5.41) is 0. The largest absolute Gasteiger partial charge is 0.328 e. The number of Topliss-reactive ketones (excluding diaryl/α,β-unsaturated/α-hetero) is 1. The summed E-state index contributed by atoms with van der Waals surface area (Å²) in [4.78, 5) is 19.2. The zero-order valence-corrected chi connectivity index (χ0v) is 13.3. The Hall–Kier alpha value is -1.94. The van der Waals surface area contributed by atoms with Crippen LogP contribution in [0.25, 0.3) is 11.0 Å². The summed E-state index contributed by atoms with van der Waals surface area (Å²) >= 11 is 1.58. The number of aryl methyl sites for hydroxylation is 3. The van der Waals surface area contributed by atoms with Gasteiger partial charge in [0.05, 0.1) is 22.3 Å². The van der Waals surface area contributed by atoms with E-state index in [2.05, 4.69) is 29.5 Å². The quantitative estimate of drug-likeness (QED) is 0.678. The molecule has 0 amide bonds. The van der Waals surface area contributed by atoms with Crippen molar-refractivity contribution in [2.24, 2.45) is 0 Å². The lowest BCUT2D eigenvalue weighted by molar-refractivity contribution is 0.0994. The van der Waals surface area contributed by atoms with Gasteiger partial charge >= 0.3 is 0 Å². The van der Waals surface area contributed by atoms with E-state index in [1.807, 2.05) is 31.2 Å². The van der Waals surface area contributed by atoms with Crippen LogP contribution in [0.1, 0.15) is 32.9 Å². The lowest BCUT2D eigenvalue weighted by atomic mass is 10.2. The van der Waals surface area contributed by atoms with Gasteiger partial charge in [-0.25, -0.2) is 4.98 Å². The first-order valence-electron chi connectivity index (χ1n) is 7.14. The van der Waals surface area contributed by atoms with Gasteiger partial charge in [0.1, 0.15) is 5.82 Å². The fraction of sp³-hybridized carbons (Fsp3) is 0.294. The van der Waals surface area contributed by atoms with Crippen molar-refractivity contribution in [1.82, 2.24) is 9.55 Å². The van der Waals surface area contributed by atoms with Crippen LogP contribution >= 0.6 is 11.3 Å². The molecule has 0 N–H and O–H groups in total. The second-order valence-corrected chi connectivity index (χ2v) is 6.47. The van der Waals surface area contributed by atoms with Gasteiger partial charge in [-0.05, 0) is 44.5 Å². The zero-order valence-electron chi connectivity index (χ0n) is 12.5. The van der Waals surface area contributed by atoms with Crippen molar-refractivity contribution >= 4 is 28.2 Å². The number of fused-ring (bicyclic) bond motifs is 1. The van der Waals surface area contributed by atoms with Crippen molar-refractivity contribution in [3.8, 4) is 0 Å². The highest BCUT2D eigenvalue weighted by Gasteiger charge is 2.16. The minimum atomic E-state index is 0.154. The number of nitrogens with zero attached hydrogens (tertiary/aromatic N) is 2. The van der Waals surface area contributed by atoms with Gasteiger partial charge in [-0.1, -0.05) is 12.1 Å². The Morgan fingerprint density at radius 1 is 1.29 bits per heavy atom. The Morgan fingerprint density at radius 3 is 2.71 bits per heavy atom. The molecular formula is C17H18N2OS. The Morgan fingerprint density at radius 2 is 2.05 bits per heavy atom. The van der Waals surface area contributed by atoms with Crippen LogP contribution < -0.4 is 0 Å². The van der Waals surface area contributed by atoms with Crippen LogP contribution in [0.4, 0.5) is 0 Å². The molecule has 2 heterocycles. The average molecular weight is 298 g/mol. The Labute approximate surface area is 128 Å². The predicted octanol–water partition coefficient (Wildman–Crippen LogP) is 4.16. The Balaban J connectivity index is 1.96. The van der Waals surface area contributed by atoms with E-state index in [0.717, 1.165) is 28.3 Å². The number of aromatic nitrogens is 2. The number of thiophene rings is 1. The molecule has 4 heteroatoms. The van der Waals surface area contributed by atoms with Crippen LogP contribution in [0, 0.1) is 13.8 Å². The summed E-state index contributed by atoms with van der Waals surface area (Å²) < 4.78 is 2.13. The standard InChI is InChI=1S/C17H18N2OS/c1-4-19-14-8-6-5-7-13(14)18-17(19)10-15(20)16-9-11(2)12(3)21-16/h5-9H,4,10H2,1-3H3. The number of carbonyl (C=O) groups is 1. The highest BCUT2D eigenvalue weighted by atomic mass is 32.1. The maximum absolute atomic E-state index is 12.5. The second-order valence-electron chi connectivity index (χ2n) is 5.21. The van der Waals surface area contributed by atoms with Crippen LogP contribution in [0.3, 0.4) is 0 Å². The molecule has 0 aliphatic carbocycles. The number of rotatable bonds is 4. The average Bonchev–Trinajstić information content (AvgIpc) is 2.99. The molecule has 3 rings (SSSR count). The molecule has 1 aromatic carbocycles. The molecular weight excluding hydrogens is 280 g/mol. The fourth-order valence-electron chi connectivity index (χ4n) is 2.55. The van der Waals surface area contributed by atoms with E-state index in [9.17, 15) is 4.79 Å². The molecule has 0 saturated heterocycles.